The van der Waals surface area contributed by atoms with E-state index in [9.17, 15) is 29.4 Å². The molecule has 0 unspecified atom stereocenters. The molecule has 2 N–H and O–H groups in total. The molecule has 32 heavy (non-hydrogen) atoms. The highest BCUT2D eigenvalue weighted by atomic mass is 16.3. The van der Waals surface area contributed by atoms with Crippen LogP contribution in [-0.4, -0.2) is 33.8 Å². The molecule has 2 aromatic carbocycles. The van der Waals surface area contributed by atoms with Crippen LogP contribution in [0.5, 0.6) is 11.5 Å². The number of anilines is 2. The van der Waals surface area contributed by atoms with E-state index in [1.54, 1.807) is 19.1 Å². The summed E-state index contributed by atoms with van der Waals surface area (Å²) in [7, 11) is 0. The minimum absolute atomic E-state index is 0.139. The zero-order valence-electron chi connectivity index (χ0n) is 17.5. The van der Waals surface area contributed by atoms with Crippen molar-refractivity contribution in [1.29, 1.82) is 0 Å². The van der Waals surface area contributed by atoms with E-state index >= 15 is 0 Å². The van der Waals surface area contributed by atoms with E-state index in [4.69, 9.17) is 0 Å². The van der Waals surface area contributed by atoms with Gasteiger partial charge >= 0.3 is 0 Å². The van der Waals surface area contributed by atoms with Gasteiger partial charge in [-0.25, -0.2) is 9.80 Å². The van der Waals surface area contributed by atoms with E-state index in [1.807, 2.05) is 6.92 Å². The van der Waals surface area contributed by atoms with Gasteiger partial charge < -0.3 is 10.2 Å². The Morgan fingerprint density at radius 2 is 1.12 bits per heavy atom. The van der Waals surface area contributed by atoms with Gasteiger partial charge in [-0.1, -0.05) is 19.1 Å². The lowest BCUT2D eigenvalue weighted by atomic mass is 9.97. The van der Waals surface area contributed by atoms with Crippen molar-refractivity contribution in [2.24, 2.45) is 0 Å². The summed E-state index contributed by atoms with van der Waals surface area (Å²) in [4.78, 5) is 50.0. The Kier molecular flexibility index (Phi) is 5.14. The molecule has 2 aliphatic rings. The minimum Gasteiger partial charge on any atom is -0.506 e. The molecule has 0 fully saturated rings. The summed E-state index contributed by atoms with van der Waals surface area (Å²) in [5, 5.41) is 21.2. The quantitative estimate of drug-likeness (QED) is 0.701. The van der Waals surface area contributed by atoms with Crippen molar-refractivity contribution in [1.82, 2.24) is 0 Å². The summed E-state index contributed by atoms with van der Waals surface area (Å²) in [5.74, 6) is -2.46. The van der Waals surface area contributed by atoms with Crippen LogP contribution in [-0.2, 0) is 32.0 Å². The molecule has 4 rings (SSSR count). The zero-order chi connectivity index (χ0) is 23.2. The molecule has 2 aliphatic heterocycles. The van der Waals surface area contributed by atoms with Crippen molar-refractivity contribution >= 4 is 35.0 Å². The first kappa shape index (κ1) is 21.0. The number of aromatic hydroxyl groups is 2. The van der Waals surface area contributed by atoms with Crippen LogP contribution in [0.1, 0.15) is 29.2 Å². The second kappa shape index (κ2) is 7.81. The van der Waals surface area contributed by atoms with Crippen LogP contribution in [0.4, 0.5) is 11.4 Å². The van der Waals surface area contributed by atoms with Gasteiger partial charge in [0.15, 0.2) is 0 Å². The van der Waals surface area contributed by atoms with Crippen molar-refractivity contribution in [3.8, 4) is 11.5 Å². The number of aryl methyl sites for hydroxylation is 2. The topological polar surface area (TPSA) is 115 Å². The maximum absolute atomic E-state index is 12.1. The molecule has 8 heteroatoms. The first-order valence-corrected chi connectivity index (χ1v) is 10.0. The molecule has 162 valence electrons. The van der Waals surface area contributed by atoms with Crippen molar-refractivity contribution in [3.05, 3.63) is 70.8 Å². The molecular formula is C24H20N2O6. The first-order chi connectivity index (χ1) is 15.2. The molecule has 8 nitrogen and oxygen atoms in total. The summed E-state index contributed by atoms with van der Waals surface area (Å²) < 4.78 is 0. The number of hydrogen-bond donors (Lipinski definition) is 2. The Morgan fingerprint density at radius 1 is 0.688 bits per heavy atom. The van der Waals surface area contributed by atoms with E-state index in [0.29, 0.717) is 35.1 Å². The second-order valence-electron chi connectivity index (χ2n) is 7.62. The fourth-order valence-corrected chi connectivity index (χ4v) is 4.08. The van der Waals surface area contributed by atoms with E-state index in [2.05, 4.69) is 0 Å². The smallest absolute Gasteiger partial charge is 0.258 e. The number of benzene rings is 2. The third-order valence-corrected chi connectivity index (χ3v) is 5.42. The predicted molar refractivity (Wildman–Crippen MR) is 116 cm³/mol. The van der Waals surface area contributed by atoms with E-state index in [-0.39, 0.29) is 22.9 Å². The van der Waals surface area contributed by atoms with Gasteiger partial charge in [0.25, 0.3) is 23.6 Å². The van der Waals surface area contributed by atoms with Crippen molar-refractivity contribution < 1.29 is 29.4 Å². The van der Waals surface area contributed by atoms with Gasteiger partial charge in [-0.05, 0) is 54.2 Å². The summed E-state index contributed by atoms with van der Waals surface area (Å²) in [6.45, 7) is 3.54. The molecule has 2 aromatic rings. The van der Waals surface area contributed by atoms with Crippen LogP contribution < -0.4 is 9.80 Å². The second-order valence-corrected chi connectivity index (χ2v) is 7.62. The number of nitrogens with zero attached hydrogens (tertiary/aromatic N) is 2. The zero-order valence-corrected chi connectivity index (χ0v) is 17.5. The number of imide groups is 2. The lowest BCUT2D eigenvalue weighted by Gasteiger charge is -2.21. The third-order valence-electron chi connectivity index (χ3n) is 5.42. The van der Waals surface area contributed by atoms with Crippen LogP contribution >= 0.6 is 0 Å². The molecule has 0 spiro atoms. The molecule has 0 saturated heterocycles. The third kappa shape index (κ3) is 3.45. The number of phenolic OH excluding ortho intramolecular Hbond substituents is 2. The Hall–Kier alpha value is -4.20. The maximum Gasteiger partial charge on any atom is 0.258 e. The van der Waals surface area contributed by atoms with Gasteiger partial charge in [0.2, 0.25) is 0 Å². The van der Waals surface area contributed by atoms with E-state index < -0.39 is 23.6 Å². The molecule has 0 aliphatic carbocycles. The number of amides is 4. The van der Waals surface area contributed by atoms with E-state index in [0.717, 1.165) is 34.1 Å². The molecule has 0 atom stereocenters. The molecule has 0 bridgehead atoms. The Bertz CT molecular complexity index is 1200. The average Bonchev–Trinajstić information content (AvgIpc) is 3.23. The minimum atomic E-state index is -0.519. The lowest BCUT2D eigenvalue weighted by molar-refractivity contribution is -0.121. The highest BCUT2D eigenvalue weighted by Crippen LogP contribution is 2.38. The summed E-state index contributed by atoms with van der Waals surface area (Å²) in [6, 6.07) is 6.49. The number of carbonyl (C=O) groups is 4. The summed E-state index contributed by atoms with van der Waals surface area (Å²) in [5.41, 5.74) is 2.88. The van der Waals surface area contributed by atoms with Crippen LogP contribution in [0, 0.1) is 6.92 Å². The normalized spacial score (nSPS) is 15.6. The van der Waals surface area contributed by atoms with Crippen molar-refractivity contribution in [2.75, 3.05) is 9.80 Å². The fraction of sp³-hybridized carbons (Fsp3) is 0.167. The molecule has 2 heterocycles. The van der Waals surface area contributed by atoms with Gasteiger partial charge in [-0.2, -0.15) is 0 Å². The Balaban J connectivity index is 1.67. The fourth-order valence-electron chi connectivity index (χ4n) is 4.08. The highest BCUT2D eigenvalue weighted by molar-refractivity contribution is 6.29. The Labute approximate surface area is 183 Å². The lowest BCUT2D eigenvalue weighted by Crippen LogP contribution is -2.30. The number of rotatable bonds is 5. The number of hydrogen-bond acceptors (Lipinski definition) is 6. The Morgan fingerprint density at radius 3 is 1.59 bits per heavy atom. The monoisotopic (exact) mass is 432 g/mol. The molecular weight excluding hydrogens is 412 g/mol. The highest BCUT2D eigenvalue weighted by Gasteiger charge is 2.31. The van der Waals surface area contributed by atoms with Gasteiger partial charge in [-0.3, -0.25) is 19.2 Å². The van der Waals surface area contributed by atoms with Gasteiger partial charge in [0, 0.05) is 24.3 Å². The van der Waals surface area contributed by atoms with Crippen LogP contribution in [0.3, 0.4) is 0 Å². The van der Waals surface area contributed by atoms with Crippen LogP contribution in [0.25, 0.3) is 0 Å². The van der Waals surface area contributed by atoms with Gasteiger partial charge in [0.05, 0.1) is 11.4 Å². The van der Waals surface area contributed by atoms with Gasteiger partial charge in [0.1, 0.15) is 11.5 Å². The van der Waals surface area contributed by atoms with Crippen molar-refractivity contribution in [2.45, 2.75) is 26.7 Å². The largest absolute Gasteiger partial charge is 0.506 e. The number of carbonyl (C=O) groups excluding carboxylic acids is 4. The van der Waals surface area contributed by atoms with Gasteiger partial charge in [-0.15, -0.1) is 0 Å². The van der Waals surface area contributed by atoms with Crippen LogP contribution in [0.2, 0.25) is 0 Å². The average molecular weight is 432 g/mol. The summed E-state index contributed by atoms with van der Waals surface area (Å²) >= 11 is 0. The predicted octanol–water partition coefficient (Wildman–Crippen LogP) is 2.42. The maximum atomic E-state index is 12.1. The molecule has 0 aromatic heterocycles. The van der Waals surface area contributed by atoms with Crippen molar-refractivity contribution in [3.63, 3.8) is 0 Å². The molecule has 0 radical (unpaired) electrons. The number of phenols is 2. The summed E-state index contributed by atoms with van der Waals surface area (Å²) in [6.07, 6.45) is 5.43. The van der Waals surface area contributed by atoms with Crippen LogP contribution in [0.15, 0.2) is 48.6 Å². The van der Waals surface area contributed by atoms with E-state index in [1.165, 1.54) is 12.1 Å². The SMILES string of the molecule is CCc1cc(Cc2cc(C)c(N3C(=O)C=CC3=O)c(O)c2)cc(O)c1N1C(=O)C=CC1=O. The standard InChI is InChI=1S/C24H20N2O6/c1-3-16-10-15(12-18(28)24(16)26-21(31)6-7-22(26)32)9-14-8-13(2)23(17(27)11-14)25-19(29)4-5-20(25)30/h4-8,10-12,27-28H,3,9H2,1-2H3. The first-order valence-electron chi connectivity index (χ1n) is 10.0. The molecule has 0 saturated carbocycles. The molecule has 4 amide bonds.